The Kier molecular flexibility index (Phi) is 11.2. The maximum absolute atomic E-state index is 14.4. The summed E-state index contributed by atoms with van der Waals surface area (Å²) in [5.74, 6) is -0.0717. The zero-order chi connectivity index (χ0) is 27.8. The van der Waals surface area contributed by atoms with E-state index in [1.54, 1.807) is 19.2 Å². The van der Waals surface area contributed by atoms with Gasteiger partial charge in [0.2, 0.25) is 0 Å². The van der Waals surface area contributed by atoms with Crippen molar-refractivity contribution in [2.75, 3.05) is 20.3 Å². The van der Waals surface area contributed by atoms with Crippen LogP contribution in [0, 0.1) is 23.6 Å². The van der Waals surface area contributed by atoms with Gasteiger partial charge in [0.25, 0.3) is 0 Å². The van der Waals surface area contributed by atoms with Gasteiger partial charge in [-0.2, -0.15) is 0 Å². The number of hydrogen-bond donors (Lipinski definition) is 1. The van der Waals surface area contributed by atoms with Gasteiger partial charge in [-0.1, -0.05) is 33.8 Å². The first-order valence-electron chi connectivity index (χ1n) is 13.4. The van der Waals surface area contributed by atoms with E-state index < -0.39 is 29.2 Å². The predicted molar refractivity (Wildman–Crippen MR) is 141 cm³/mol. The number of carbonyl (C=O) groups is 2. The van der Waals surface area contributed by atoms with Crippen molar-refractivity contribution in [3.63, 3.8) is 0 Å². The lowest BCUT2D eigenvalue weighted by atomic mass is 9.74. The Morgan fingerprint density at radius 3 is 2.43 bits per heavy atom. The quantitative estimate of drug-likeness (QED) is 0.250. The van der Waals surface area contributed by atoms with Crippen LogP contribution in [-0.2, 0) is 25.4 Å². The van der Waals surface area contributed by atoms with Crippen molar-refractivity contribution in [3.8, 4) is 5.75 Å². The molecule has 1 aliphatic heterocycles. The molecular weight excluding hydrogens is 477 g/mol. The van der Waals surface area contributed by atoms with Gasteiger partial charge >= 0.3 is 12.1 Å². The van der Waals surface area contributed by atoms with Gasteiger partial charge in [-0.3, -0.25) is 4.79 Å². The molecule has 7 nitrogen and oxygen atoms in total. The van der Waals surface area contributed by atoms with Crippen molar-refractivity contribution >= 4 is 12.1 Å². The molecule has 1 fully saturated rings. The van der Waals surface area contributed by atoms with Crippen LogP contribution in [0.5, 0.6) is 5.75 Å². The molecule has 1 aromatic carbocycles. The third-order valence-corrected chi connectivity index (χ3v) is 7.01. The molecule has 1 N–H and O–H groups in total. The summed E-state index contributed by atoms with van der Waals surface area (Å²) in [5.41, 5.74) is -0.531. The van der Waals surface area contributed by atoms with Gasteiger partial charge in [-0.05, 0) is 75.5 Å². The second kappa shape index (κ2) is 13.4. The van der Waals surface area contributed by atoms with Crippen molar-refractivity contribution in [2.24, 2.45) is 17.8 Å². The Hall–Kier alpha value is -2.35. The van der Waals surface area contributed by atoms with E-state index in [9.17, 15) is 14.0 Å². The van der Waals surface area contributed by atoms with Crippen molar-refractivity contribution < 1.29 is 32.9 Å². The first kappa shape index (κ1) is 30.9. The normalized spacial score (nSPS) is 19.6. The molecule has 1 saturated heterocycles. The Morgan fingerprint density at radius 2 is 1.89 bits per heavy atom. The van der Waals surface area contributed by atoms with E-state index in [4.69, 9.17) is 18.9 Å². The SMILES string of the molecule is COCCCOc1cc(C[C@@H](C[C@H](NC(=O)OC(C)(C)C)[C@@]2(C(C)C)CCC(=O)O2)C(C)C)ccc1F. The van der Waals surface area contributed by atoms with Gasteiger partial charge in [0, 0.05) is 26.6 Å². The number of methoxy groups -OCH3 is 1. The number of esters is 1. The van der Waals surface area contributed by atoms with Crippen LogP contribution >= 0.6 is 0 Å². The van der Waals surface area contributed by atoms with E-state index in [0.29, 0.717) is 45.3 Å². The summed E-state index contributed by atoms with van der Waals surface area (Å²) in [6.07, 6.45) is 2.22. The predicted octanol–water partition coefficient (Wildman–Crippen LogP) is 6.07. The molecule has 1 amide bonds. The summed E-state index contributed by atoms with van der Waals surface area (Å²) in [6, 6.07) is 4.52. The fourth-order valence-electron chi connectivity index (χ4n) is 4.86. The molecule has 0 saturated carbocycles. The summed E-state index contributed by atoms with van der Waals surface area (Å²) in [4.78, 5) is 25.1. The fraction of sp³-hybridized carbons (Fsp3) is 0.724. The fourth-order valence-corrected chi connectivity index (χ4v) is 4.86. The number of nitrogens with one attached hydrogen (secondary N) is 1. The molecular formula is C29H46FNO6. The van der Waals surface area contributed by atoms with Gasteiger partial charge in [0.1, 0.15) is 11.2 Å². The van der Waals surface area contributed by atoms with Crippen LogP contribution in [-0.4, -0.2) is 49.6 Å². The molecule has 0 aliphatic carbocycles. The lowest BCUT2D eigenvalue weighted by molar-refractivity contribution is -0.156. The van der Waals surface area contributed by atoms with Crippen LogP contribution in [0.2, 0.25) is 0 Å². The van der Waals surface area contributed by atoms with Gasteiger partial charge in [0.15, 0.2) is 11.6 Å². The number of carbonyl (C=O) groups excluding carboxylic acids is 2. The molecule has 0 radical (unpaired) electrons. The Morgan fingerprint density at radius 1 is 1.19 bits per heavy atom. The molecule has 1 heterocycles. The Bertz CT molecular complexity index is 897. The van der Waals surface area contributed by atoms with Crippen LogP contribution in [0.3, 0.4) is 0 Å². The maximum atomic E-state index is 14.4. The molecule has 8 heteroatoms. The molecule has 0 aromatic heterocycles. The first-order chi connectivity index (χ1) is 17.3. The van der Waals surface area contributed by atoms with Crippen molar-refractivity contribution in [1.29, 1.82) is 0 Å². The van der Waals surface area contributed by atoms with Crippen LogP contribution in [0.15, 0.2) is 18.2 Å². The van der Waals surface area contributed by atoms with Crippen molar-refractivity contribution in [1.82, 2.24) is 5.32 Å². The average Bonchev–Trinajstić information content (AvgIpc) is 3.19. The number of benzene rings is 1. The number of halogens is 1. The number of cyclic esters (lactones) is 1. The molecule has 1 aromatic rings. The van der Waals surface area contributed by atoms with Crippen LogP contribution < -0.4 is 10.1 Å². The number of amides is 1. The van der Waals surface area contributed by atoms with E-state index in [1.165, 1.54) is 6.07 Å². The number of ether oxygens (including phenoxy) is 4. The van der Waals surface area contributed by atoms with Crippen molar-refractivity contribution in [3.05, 3.63) is 29.6 Å². The highest BCUT2D eigenvalue weighted by Crippen LogP contribution is 2.40. The van der Waals surface area contributed by atoms with Gasteiger partial charge in [-0.25, -0.2) is 9.18 Å². The minimum absolute atomic E-state index is 0.00961. The van der Waals surface area contributed by atoms with Crippen LogP contribution in [0.1, 0.15) is 79.7 Å². The van der Waals surface area contributed by atoms with E-state index in [0.717, 1.165) is 5.56 Å². The Labute approximate surface area is 221 Å². The molecule has 1 aliphatic rings. The summed E-state index contributed by atoms with van der Waals surface area (Å²) in [7, 11) is 1.62. The second-order valence-electron chi connectivity index (χ2n) is 11.7. The zero-order valence-corrected chi connectivity index (χ0v) is 23.8. The second-order valence-corrected chi connectivity index (χ2v) is 11.7. The highest BCUT2D eigenvalue weighted by molar-refractivity contribution is 5.73. The zero-order valence-electron chi connectivity index (χ0n) is 23.8. The van der Waals surface area contributed by atoms with E-state index in [-0.39, 0.29) is 29.5 Å². The maximum Gasteiger partial charge on any atom is 0.408 e. The molecule has 37 heavy (non-hydrogen) atoms. The molecule has 2 rings (SSSR count). The minimum Gasteiger partial charge on any atom is -0.490 e. The summed E-state index contributed by atoms with van der Waals surface area (Å²) >= 11 is 0. The lowest BCUT2D eigenvalue weighted by Crippen LogP contribution is -2.57. The smallest absolute Gasteiger partial charge is 0.408 e. The van der Waals surface area contributed by atoms with Gasteiger partial charge in [0.05, 0.1) is 12.6 Å². The van der Waals surface area contributed by atoms with E-state index in [1.807, 2.05) is 34.6 Å². The largest absolute Gasteiger partial charge is 0.490 e. The van der Waals surface area contributed by atoms with Gasteiger partial charge in [-0.15, -0.1) is 0 Å². The first-order valence-corrected chi connectivity index (χ1v) is 13.4. The summed E-state index contributed by atoms with van der Waals surface area (Å²) in [5, 5.41) is 3.05. The lowest BCUT2D eigenvalue weighted by Gasteiger charge is -2.42. The molecule has 0 spiro atoms. The minimum atomic E-state index is -0.820. The monoisotopic (exact) mass is 523 g/mol. The molecule has 3 atom stereocenters. The molecule has 0 bridgehead atoms. The Balaban J connectivity index is 2.29. The number of rotatable bonds is 13. The van der Waals surface area contributed by atoms with Crippen LogP contribution in [0.25, 0.3) is 0 Å². The third-order valence-electron chi connectivity index (χ3n) is 7.01. The summed E-state index contributed by atoms with van der Waals surface area (Å²) < 4.78 is 36.6. The highest BCUT2D eigenvalue weighted by Gasteiger charge is 2.51. The topological polar surface area (TPSA) is 83.1 Å². The van der Waals surface area contributed by atoms with Crippen molar-refractivity contribution in [2.45, 2.75) is 97.8 Å². The average molecular weight is 524 g/mol. The standard InChI is InChI=1S/C29H46FNO6/c1-19(2)22(16-21-10-11-23(30)24(17-21)35-15-9-14-34-8)18-25(31-27(33)37-28(5,6)7)29(20(3)4)13-12-26(32)36-29/h10-11,17,19-20,22,25H,9,12-16,18H2,1-8H3,(H,31,33)/t22-,25-,29-/m0/s1. The van der Waals surface area contributed by atoms with Gasteiger partial charge < -0.3 is 24.3 Å². The number of hydrogen-bond acceptors (Lipinski definition) is 6. The molecule has 0 unspecified atom stereocenters. The van der Waals surface area contributed by atoms with E-state index >= 15 is 0 Å². The summed E-state index contributed by atoms with van der Waals surface area (Å²) in [6.45, 7) is 14.6. The third kappa shape index (κ3) is 9.16. The highest BCUT2D eigenvalue weighted by atomic mass is 19.1. The van der Waals surface area contributed by atoms with Crippen LogP contribution in [0.4, 0.5) is 9.18 Å². The van der Waals surface area contributed by atoms with E-state index in [2.05, 4.69) is 19.2 Å². The number of alkyl carbamates (subject to hydrolysis) is 1. The molecule has 210 valence electrons.